The van der Waals surface area contributed by atoms with Gasteiger partial charge in [-0.3, -0.25) is 0 Å². The summed E-state index contributed by atoms with van der Waals surface area (Å²) < 4.78 is 3.24. The maximum atomic E-state index is 9.38. The lowest BCUT2D eigenvalue weighted by atomic mass is 10.1. The SMILES string of the molecule is CCCCCCCCCO[O+]=O. The van der Waals surface area contributed by atoms with Crippen LogP contribution in [0.25, 0.3) is 0 Å². The largest absolute Gasteiger partial charge is 0.377 e. The molecule has 0 saturated heterocycles. The standard InChI is InChI=1S/C9H19O3/c1-2-3-4-5-6-7-8-9-11-12-10/h2-9H2,1H3/q+1. The summed E-state index contributed by atoms with van der Waals surface area (Å²) in [5.41, 5.74) is 0. The molecule has 0 saturated carbocycles. The second kappa shape index (κ2) is 10.4. The lowest BCUT2D eigenvalue weighted by molar-refractivity contribution is 0.231. The van der Waals surface area contributed by atoms with Crippen molar-refractivity contribution in [3.63, 3.8) is 0 Å². The van der Waals surface area contributed by atoms with Gasteiger partial charge < -0.3 is 0 Å². The molecule has 0 spiro atoms. The van der Waals surface area contributed by atoms with Gasteiger partial charge in [0, 0.05) is 0 Å². The van der Waals surface area contributed by atoms with Crippen molar-refractivity contribution in [2.75, 3.05) is 6.61 Å². The summed E-state index contributed by atoms with van der Waals surface area (Å²) in [5.74, 6) is 0. The molecule has 0 aromatic rings. The van der Waals surface area contributed by atoms with E-state index in [1.807, 2.05) is 0 Å². The van der Waals surface area contributed by atoms with Gasteiger partial charge in [-0.1, -0.05) is 43.9 Å². The fraction of sp³-hybridized carbons (Fsp3) is 1.00. The van der Waals surface area contributed by atoms with Gasteiger partial charge in [0.05, 0.1) is 0 Å². The molecule has 3 heteroatoms. The van der Waals surface area contributed by atoms with Gasteiger partial charge in [0.1, 0.15) is 0 Å². The first-order valence-corrected chi connectivity index (χ1v) is 4.83. The van der Waals surface area contributed by atoms with Crippen molar-refractivity contribution in [1.29, 1.82) is 0 Å². The van der Waals surface area contributed by atoms with E-state index in [0.717, 1.165) is 12.8 Å². The van der Waals surface area contributed by atoms with Crippen LogP contribution in [0.3, 0.4) is 0 Å². The van der Waals surface area contributed by atoms with Crippen LogP contribution >= 0.6 is 0 Å². The minimum Gasteiger partial charge on any atom is -0.0736 e. The summed E-state index contributed by atoms with van der Waals surface area (Å²) in [6, 6.07) is 0. The quantitative estimate of drug-likeness (QED) is 0.233. The number of rotatable bonds is 9. The number of hydrogen-bond donors (Lipinski definition) is 0. The zero-order chi connectivity index (χ0) is 9.07. The van der Waals surface area contributed by atoms with Crippen LogP contribution in [0.15, 0.2) is 0 Å². The fourth-order valence-electron chi connectivity index (χ4n) is 1.15. The van der Waals surface area contributed by atoms with E-state index >= 15 is 0 Å². The maximum absolute atomic E-state index is 9.38. The highest BCUT2D eigenvalue weighted by Crippen LogP contribution is 2.06. The highest BCUT2D eigenvalue weighted by Gasteiger charge is 1.95. The molecule has 0 rings (SSSR count). The van der Waals surface area contributed by atoms with Crippen molar-refractivity contribution < 1.29 is 4.89 Å². The van der Waals surface area contributed by atoms with Gasteiger partial charge in [-0.2, -0.15) is 0 Å². The molecule has 0 heterocycles. The Morgan fingerprint density at radius 3 is 2.17 bits per heavy atom. The van der Waals surface area contributed by atoms with E-state index in [-0.39, 0.29) is 0 Å². The van der Waals surface area contributed by atoms with E-state index in [0.29, 0.717) is 6.61 Å². The van der Waals surface area contributed by atoms with Crippen LogP contribution in [0, 0.1) is 9.71 Å². The van der Waals surface area contributed by atoms with Crippen LogP contribution in [-0.2, 0) is 4.89 Å². The van der Waals surface area contributed by atoms with Crippen molar-refractivity contribution in [2.24, 2.45) is 0 Å². The van der Waals surface area contributed by atoms with Gasteiger partial charge in [0.2, 0.25) is 0 Å². The van der Waals surface area contributed by atoms with Crippen LogP contribution < -0.4 is 0 Å². The Labute approximate surface area is 74.0 Å². The van der Waals surface area contributed by atoms with Crippen molar-refractivity contribution in [1.82, 2.24) is 0 Å². The van der Waals surface area contributed by atoms with E-state index in [2.05, 4.69) is 16.6 Å². The van der Waals surface area contributed by atoms with Crippen molar-refractivity contribution >= 4 is 0 Å². The predicted octanol–water partition coefficient (Wildman–Crippen LogP) is 3.28. The van der Waals surface area contributed by atoms with Gasteiger partial charge in [0.15, 0.2) is 6.61 Å². The zero-order valence-electron chi connectivity index (χ0n) is 7.88. The van der Waals surface area contributed by atoms with Gasteiger partial charge >= 0.3 is 4.75 Å². The third-order valence-corrected chi connectivity index (χ3v) is 1.88. The Morgan fingerprint density at radius 1 is 1.00 bits per heavy atom. The highest BCUT2D eigenvalue weighted by atomic mass is 17.3. The van der Waals surface area contributed by atoms with Gasteiger partial charge in [0.25, 0.3) is 4.96 Å². The topological polar surface area (TPSA) is 37.6 Å². The van der Waals surface area contributed by atoms with E-state index in [1.165, 1.54) is 32.1 Å². The van der Waals surface area contributed by atoms with Crippen LogP contribution in [-0.4, -0.2) is 6.61 Å². The molecule has 0 N–H and O–H groups in total. The van der Waals surface area contributed by atoms with Crippen LogP contribution in [0.1, 0.15) is 51.9 Å². The van der Waals surface area contributed by atoms with Crippen molar-refractivity contribution in [3.8, 4) is 0 Å². The molecule has 0 radical (unpaired) electrons. The fourth-order valence-corrected chi connectivity index (χ4v) is 1.15. The Bertz CT molecular complexity index is 93.8. The van der Waals surface area contributed by atoms with Gasteiger partial charge in [-0.25, -0.2) is 0 Å². The molecule has 0 unspecified atom stereocenters. The first-order chi connectivity index (χ1) is 5.91. The van der Waals surface area contributed by atoms with Crippen molar-refractivity contribution in [3.05, 3.63) is 9.71 Å². The van der Waals surface area contributed by atoms with E-state index in [4.69, 9.17) is 0 Å². The molecule has 0 aliphatic carbocycles. The number of hydrogen-bond acceptors (Lipinski definition) is 2. The summed E-state index contributed by atoms with van der Waals surface area (Å²) in [6.45, 7) is 2.64. The monoisotopic (exact) mass is 175 g/mol. The Morgan fingerprint density at radius 2 is 1.58 bits per heavy atom. The molecule has 0 amide bonds. The minimum absolute atomic E-state index is 0.428. The van der Waals surface area contributed by atoms with E-state index < -0.39 is 0 Å². The molecule has 0 atom stereocenters. The lowest BCUT2D eigenvalue weighted by Crippen LogP contribution is -1.88. The third-order valence-electron chi connectivity index (χ3n) is 1.88. The second-order valence-electron chi connectivity index (χ2n) is 3.01. The molecule has 0 bridgehead atoms. The molecule has 0 aromatic heterocycles. The molecule has 0 aliphatic rings. The maximum Gasteiger partial charge on any atom is 0.377 e. The highest BCUT2D eigenvalue weighted by molar-refractivity contribution is 4.46. The Hall–Kier alpha value is -0.600. The molecule has 72 valence electrons. The molecule has 0 fully saturated rings. The summed E-state index contributed by atoms with van der Waals surface area (Å²) in [6.07, 6.45) is 8.54. The summed E-state index contributed by atoms with van der Waals surface area (Å²) >= 11 is 0. The first kappa shape index (κ1) is 11.4. The van der Waals surface area contributed by atoms with Crippen LogP contribution in [0.5, 0.6) is 0 Å². The zero-order valence-corrected chi connectivity index (χ0v) is 7.88. The number of unbranched alkanes of at least 4 members (excludes halogenated alkanes) is 6. The first-order valence-electron chi connectivity index (χ1n) is 4.83. The average molecular weight is 175 g/mol. The molecule has 0 aliphatic heterocycles. The summed E-state index contributed by atoms with van der Waals surface area (Å²) in [7, 11) is 0. The second-order valence-corrected chi connectivity index (χ2v) is 3.01. The molecule has 0 aromatic carbocycles. The Kier molecular flexibility index (Phi) is 9.88. The predicted molar refractivity (Wildman–Crippen MR) is 50.7 cm³/mol. The van der Waals surface area contributed by atoms with Gasteiger partial charge in [-0.05, 0) is 12.8 Å². The van der Waals surface area contributed by atoms with E-state index in [9.17, 15) is 4.96 Å². The smallest absolute Gasteiger partial charge is 0.0736 e. The Balaban J connectivity index is 2.77. The van der Waals surface area contributed by atoms with Gasteiger partial charge in [-0.15, -0.1) is 0 Å². The van der Waals surface area contributed by atoms with Crippen LogP contribution in [0.4, 0.5) is 0 Å². The summed E-state index contributed by atoms with van der Waals surface area (Å²) in [4.78, 5) is 13.6. The summed E-state index contributed by atoms with van der Waals surface area (Å²) in [5, 5.41) is 0. The molecule has 3 nitrogen and oxygen atoms in total. The average Bonchev–Trinajstić information content (AvgIpc) is 2.10. The minimum atomic E-state index is 0.428. The lowest BCUT2D eigenvalue weighted by Gasteiger charge is -1.96. The van der Waals surface area contributed by atoms with Crippen LogP contribution in [0.2, 0.25) is 0 Å². The van der Waals surface area contributed by atoms with E-state index in [1.54, 1.807) is 0 Å². The normalized spacial score (nSPS) is 9.75. The van der Waals surface area contributed by atoms with Crippen molar-refractivity contribution in [2.45, 2.75) is 51.9 Å². The molecular formula is C9H19O3+. The molecular weight excluding hydrogens is 156 g/mol. The third kappa shape index (κ3) is 9.40. The molecule has 12 heavy (non-hydrogen) atoms.